The zero-order valence-corrected chi connectivity index (χ0v) is 24.3. The Morgan fingerprint density at radius 2 is 1.70 bits per heavy atom. The van der Waals surface area contributed by atoms with Gasteiger partial charge in [-0.25, -0.2) is 4.79 Å². The number of carbonyl (C=O) groups is 3. The van der Waals surface area contributed by atoms with Gasteiger partial charge >= 0.3 is 6.09 Å². The van der Waals surface area contributed by atoms with E-state index >= 15 is 0 Å². The number of likely N-dealkylation sites (tertiary alicyclic amines) is 1. The Hall–Kier alpha value is -4.73. The summed E-state index contributed by atoms with van der Waals surface area (Å²) in [5.41, 5.74) is 3.70. The van der Waals surface area contributed by atoms with Gasteiger partial charge in [-0.05, 0) is 71.4 Å². The summed E-state index contributed by atoms with van der Waals surface area (Å²) in [6.45, 7) is -0.485. The number of amides is 3. The quantitative estimate of drug-likeness (QED) is 0.172. The van der Waals surface area contributed by atoms with Gasteiger partial charge in [-0.15, -0.1) is 0 Å². The first kappa shape index (κ1) is 30.7. The minimum absolute atomic E-state index is 0.0283. The van der Waals surface area contributed by atoms with Gasteiger partial charge in [0.1, 0.15) is 18.1 Å². The minimum Gasteiger partial charge on any atom is -0.508 e. The van der Waals surface area contributed by atoms with E-state index in [9.17, 15) is 29.7 Å². The van der Waals surface area contributed by atoms with Gasteiger partial charge in [-0.2, -0.15) is 4.90 Å². The Labute approximate surface area is 255 Å². The zero-order chi connectivity index (χ0) is 31.2. The molecule has 3 N–H and O–H groups in total. The summed E-state index contributed by atoms with van der Waals surface area (Å²) in [7, 11) is 1.09. The van der Waals surface area contributed by atoms with Crippen molar-refractivity contribution in [2.45, 2.75) is 25.4 Å². The fourth-order valence-electron chi connectivity index (χ4n) is 6.27. The number of hydrogen-bond donors (Lipinski definition) is 3. The number of para-hydroxylation sites is 1. The molecule has 0 spiro atoms. The molecular formula is C35H35NO8. The van der Waals surface area contributed by atoms with Gasteiger partial charge in [0.25, 0.3) is 0 Å². The summed E-state index contributed by atoms with van der Waals surface area (Å²) in [5.74, 6) is -3.52. The minimum atomic E-state index is -1.09. The third kappa shape index (κ3) is 6.44. The molecule has 1 aliphatic carbocycles. The standard InChI is InChI=1S/C35H35NO8/c1-43-35(42)36-33(40)28-19-25(21-44-27-13-6-3-7-14-27)31(29(20-37)32(28)34(36)41)30(39)16-15-24(23-10-4-2-5-11-23)17-22-9-8-12-26(38)18-22/h2-14,17-18,28-30,32,37-39H,15-16,19-21H2,1H3/b24-17-/t28-,29+,30-,32-/m1/s1. The van der Waals surface area contributed by atoms with Crippen LogP contribution >= 0.6 is 0 Å². The van der Waals surface area contributed by atoms with Gasteiger partial charge in [0.2, 0.25) is 11.8 Å². The monoisotopic (exact) mass is 597 g/mol. The predicted molar refractivity (Wildman–Crippen MR) is 163 cm³/mol. The maximum absolute atomic E-state index is 13.4. The number of ether oxygens (including phenoxy) is 2. The molecule has 0 bridgehead atoms. The van der Waals surface area contributed by atoms with Crippen molar-refractivity contribution in [1.29, 1.82) is 0 Å². The van der Waals surface area contributed by atoms with E-state index in [4.69, 9.17) is 9.47 Å². The molecule has 1 aliphatic heterocycles. The van der Waals surface area contributed by atoms with Crippen LogP contribution in [0.5, 0.6) is 11.5 Å². The van der Waals surface area contributed by atoms with Gasteiger partial charge in [0.15, 0.2) is 0 Å². The van der Waals surface area contributed by atoms with Crippen LogP contribution in [0.3, 0.4) is 0 Å². The van der Waals surface area contributed by atoms with E-state index in [1.54, 1.807) is 30.3 Å². The Balaban J connectivity index is 1.48. The van der Waals surface area contributed by atoms with Crippen LogP contribution in [0.4, 0.5) is 4.79 Å². The molecule has 0 saturated carbocycles. The number of nitrogens with zero attached hydrogens (tertiary/aromatic N) is 1. The molecule has 1 fully saturated rings. The molecule has 228 valence electrons. The first-order chi connectivity index (χ1) is 21.3. The van der Waals surface area contributed by atoms with Crippen molar-refractivity contribution in [3.8, 4) is 11.5 Å². The molecule has 0 unspecified atom stereocenters. The molecule has 1 saturated heterocycles. The van der Waals surface area contributed by atoms with E-state index in [1.807, 2.05) is 60.7 Å². The van der Waals surface area contributed by atoms with Gasteiger partial charge in [0, 0.05) is 5.92 Å². The summed E-state index contributed by atoms with van der Waals surface area (Å²) in [5, 5.41) is 32.3. The van der Waals surface area contributed by atoms with E-state index in [0.29, 0.717) is 28.2 Å². The highest BCUT2D eigenvalue weighted by Gasteiger charge is 2.57. The number of aliphatic hydroxyl groups is 2. The number of phenols is 1. The lowest BCUT2D eigenvalue weighted by Gasteiger charge is -2.36. The second-order valence-electron chi connectivity index (χ2n) is 11.0. The number of methoxy groups -OCH3 is 1. The highest BCUT2D eigenvalue weighted by Crippen LogP contribution is 2.46. The van der Waals surface area contributed by atoms with Crippen LogP contribution in [0.25, 0.3) is 11.6 Å². The number of hydrogen-bond acceptors (Lipinski definition) is 8. The molecule has 2 aliphatic rings. The number of aromatic hydroxyl groups is 1. The summed E-state index contributed by atoms with van der Waals surface area (Å²) < 4.78 is 10.7. The topological polar surface area (TPSA) is 134 Å². The highest BCUT2D eigenvalue weighted by atomic mass is 16.5. The largest absolute Gasteiger partial charge is 0.508 e. The second-order valence-corrected chi connectivity index (χ2v) is 11.0. The number of allylic oxidation sites excluding steroid dienone is 1. The van der Waals surface area contributed by atoms with E-state index in [0.717, 1.165) is 23.8 Å². The number of carbonyl (C=O) groups excluding carboxylic acids is 3. The molecule has 0 radical (unpaired) electrons. The summed E-state index contributed by atoms with van der Waals surface area (Å²) in [4.78, 5) is 39.5. The maximum Gasteiger partial charge on any atom is 0.423 e. The average molecular weight is 598 g/mol. The lowest BCUT2D eigenvalue weighted by atomic mass is 9.68. The lowest BCUT2D eigenvalue weighted by molar-refractivity contribution is -0.137. The molecule has 9 nitrogen and oxygen atoms in total. The average Bonchev–Trinajstić information content (AvgIpc) is 3.30. The van der Waals surface area contributed by atoms with Crippen LogP contribution < -0.4 is 4.74 Å². The molecule has 3 amide bonds. The fraction of sp³-hybridized carbons (Fsp3) is 0.286. The number of aliphatic hydroxyl groups excluding tert-OH is 2. The smallest absolute Gasteiger partial charge is 0.423 e. The van der Waals surface area contributed by atoms with Crippen molar-refractivity contribution in [2.24, 2.45) is 17.8 Å². The Morgan fingerprint density at radius 3 is 2.36 bits per heavy atom. The van der Waals surface area contributed by atoms with Crippen LogP contribution in [0, 0.1) is 17.8 Å². The number of rotatable bonds is 10. The van der Waals surface area contributed by atoms with Crippen LogP contribution in [0.15, 0.2) is 96.1 Å². The molecular weight excluding hydrogens is 562 g/mol. The van der Waals surface area contributed by atoms with Gasteiger partial charge in [0.05, 0.1) is 31.7 Å². The van der Waals surface area contributed by atoms with Crippen molar-refractivity contribution in [3.63, 3.8) is 0 Å². The van der Waals surface area contributed by atoms with Crippen molar-refractivity contribution in [3.05, 3.63) is 107 Å². The van der Waals surface area contributed by atoms with Crippen LogP contribution in [-0.2, 0) is 14.3 Å². The lowest BCUT2D eigenvalue weighted by Crippen LogP contribution is -2.40. The van der Waals surface area contributed by atoms with Crippen molar-refractivity contribution in [1.82, 2.24) is 4.90 Å². The number of imide groups is 3. The van der Waals surface area contributed by atoms with Crippen LogP contribution in [0.1, 0.15) is 30.4 Å². The van der Waals surface area contributed by atoms with Crippen molar-refractivity contribution in [2.75, 3.05) is 20.3 Å². The van der Waals surface area contributed by atoms with Gasteiger partial charge < -0.3 is 24.8 Å². The molecule has 0 aromatic heterocycles. The predicted octanol–water partition coefficient (Wildman–Crippen LogP) is 4.83. The molecule has 44 heavy (non-hydrogen) atoms. The normalized spacial score (nSPS) is 20.8. The molecule has 3 aromatic rings. The van der Waals surface area contributed by atoms with Crippen molar-refractivity contribution >= 4 is 29.6 Å². The van der Waals surface area contributed by atoms with E-state index in [2.05, 4.69) is 0 Å². The fourth-order valence-corrected chi connectivity index (χ4v) is 6.27. The van der Waals surface area contributed by atoms with Crippen LogP contribution in [-0.4, -0.2) is 64.6 Å². The number of phenolic OH excluding ortho intramolecular Hbond substituents is 1. The molecule has 3 aromatic carbocycles. The highest BCUT2D eigenvalue weighted by molar-refractivity contribution is 6.16. The van der Waals surface area contributed by atoms with Gasteiger partial charge in [-0.1, -0.05) is 66.7 Å². The summed E-state index contributed by atoms with van der Waals surface area (Å²) >= 11 is 0. The maximum atomic E-state index is 13.4. The zero-order valence-electron chi connectivity index (χ0n) is 24.3. The SMILES string of the molecule is COC(=O)N1C(=O)[C@@H]2[C@@H](CC(COc3ccccc3)=C([C@H](O)CC/C(=C/c3cccc(O)c3)c3ccccc3)[C@@H]2CO)C1=O. The van der Waals surface area contributed by atoms with Crippen molar-refractivity contribution < 1.29 is 39.2 Å². The molecule has 5 rings (SSSR count). The van der Waals surface area contributed by atoms with Gasteiger partial charge in [-0.3, -0.25) is 9.59 Å². The Kier molecular flexibility index (Phi) is 9.57. The molecule has 9 heteroatoms. The first-order valence-electron chi connectivity index (χ1n) is 14.5. The number of fused-ring (bicyclic) bond motifs is 1. The second kappa shape index (κ2) is 13.7. The van der Waals surface area contributed by atoms with E-state index in [1.165, 1.54) is 0 Å². The summed E-state index contributed by atoms with van der Waals surface area (Å²) in [6.07, 6.45) is 0.533. The third-order valence-corrected chi connectivity index (χ3v) is 8.30. The molecule has 1 heterocycles. The molecule has 4 atom stereocenters. The first-order valence-corrected chi connectivity index (χ1v) is 14.5. The van der Waals surface area contributed by atoms with Crippen LogP contribution in [0.2, 0.25) is 0 Å². The third-order valence-electron chi connectivity index (χ3n) is 8.30. The van der Waals surface area contributed by atoms with E-state index in [-0.39, 0.29) is 25.2 Å². The van der Waals surface area contributed by atoms with E-state index < -0.39 is 48.4 Å². The summed E-state index contributed by atoms with van der Waals surface area (Å²) in [6, 6.07) is 25.6. The Morgan fingerprint density at radius 1 is 1.00 bits per heavy atom. The Bertz CT molecular complexity index is 1570. The number of benzene rings is 3.